The maximum atomic E-state index is 12.9. The predicted molar refractivity (Wildman–Crippen MR) is 132 cm³/mol. The van der Waals surface area contributed by atoms with Crippen molar-refractivity contribution in [2.45, 2.75) is 50.6 Å². The lowest BCUT2D eigenvalue weighted by atomic mass is 9.98. The van der Waals surface area contributed by atoms with E-state index in [9.17, 15) is 19.5 Å². The van der Waals surface area contributed by atoms with Gasteiger partial charge in [-0.3, -0.25) is 9.59 Å². The zero-order valence-corrected chi connectivity index (χ0v) is 20.0. The van der Waals surface area contributed by atoms with Crippen LogP contribution in [0.4, 0.5) is 4.79 Å². The fourth-order valence-corrected chi connectivity index (χ4v) is 5.03. The highest BCUT2D eigenvalue weighted by Crippen LogP contribution is 2.44. The molecular weight excluding hydrogens is 446 g/mol. The Balaban J connectivity index is 1.35. The second kappa shape index (κ2) is 11.4. The fraction of sp³-hybridized carbons (Fsp3) is 0.444. The number of nitrogens with one attached hydrogen (secondary N) is 3. The summed E-state index contributed by atoms with van der Waals surface area (Å²) < 4.78 is 5.59. The van der Waals surface area contributed by atoms with Crippen LogP contribution in [0.15, 0.2) is 48.5 Å². The number of aliphatic hydroxyl groups is 1. The SMILES string of the molecule is CCC[C@H](NC(=O)OCC1c2ccccc2-c2ccccc21)C(=O)N[C@H](CO)C[C@@H]1CCNC1=O. The summed E-state index contributed by atoms with van der Waals surface area (Å²) in [5, 5.41) is 18.0. The van der Waals surface area contributed by atoms with Crippen molar-refractivity contribution >= 4 is 17.9 Å². The van der Waals surface area contributed by atoms with Crippen molar-refractivity contribution in [3.63, 3.8) is 0 Å². The van der Waals surface area contributed by atoms with E-state index in [1.807, 2.05) is 43.3 Å². The molecule has 1 saturated heterocycles. The minimum atomic E-state index is -0.790. The summed E-state index contributed by atoms with van der Waals surface area (Å²) in [5.41, 5.74) is 4.52. The molecule has 3 amide bonds. The lowest BCUT2D eigenvalue weighted by molar-refractivity contribution is -0.126. The maximum Gasteiger partial charge on any atom is 0.407 e. The molecule has 8 nitrogen and oxygen atoms in total. The molecule has 4 N–H and O–H groups in total. The normalized spacial score (nSPS) is 18.2. The van der Waals surface area contributed by atoms with E-state index in [4.69, 9.17) is 4.74 Å². The van der Waals surface area contributed by atoms with Crippen LogP contribution in [0.2, 0.25) is 0 Å². The summed E-state index contributed by atoms with van der Waals surface area (Å²) in [7, 11) is 0. The zero-order chi connectivity index (χ0) is 24.8. The predicted octanol–water partition coefficient (Wildman–Crippen LogP) is 2.70. The highest BCUT2D eigenvalue weighted by Gasteiger charge is 2.31. The van der Waals surface area contributed by atoms with Gasteiger partial charge < -0.3 is 25.8 Å². The Morgan fingerprint density at radius 1 is 1.09 bits per heavy atom. The maximum absolute atomic E-state index is 12.9. The first-order valence-corrected chi connectivity index (χ1v) is 12.3. The van der Waals surface area contributed by atoms with Crippen molar-refractivity contribution in [3.05, 3.63) is 59.7 Å². The van der Waals surface area contributed by atoms with Gasteiger partial charge in [0.25, 0.3) is 0 Å². The largest absolute Gasteiger partial charge is 0.449 e. The Labute approximate surface area is 205 Å². The third-order valence-corrected chi connectivity index (χ3v) is 6.83. The van der Waals surface area contributed by atoms with Gasteiger partial charge in [0.2, 0.25) is 11.8 Å². The molecular formula is C27H33N3O5. The molecule has 3 atom stereocenters. The first-order chi connectivity index (χ1) is 17.0. The molecule has 4 rings (SSSR count). The Kier molecular flexibility index (Phi) is 8.02. The summed E-state index contributed by atoms with van der Waals surface area (Å²) in [5.74, 6) is -0.743. The van der Waals surface area contributed by atoms with Gasteiger partial charge in [0, 0.05) is 18.4 Å². The van der Waals surface area contributed by atoms with Gasteiger partial charge in [-0.2, -0.15) is 0 Å². The summed E-state index contributed by atoms with van der Waals surface area (Å²) in [6.07, 6.45) is 1.49. The monoisotopic (exact) mass is 479 g/mol. The number of ether oxygens (including phenoxy) is 1. The smallest absolute Gasteiger partial charge is 0.407 e. The van der Waals surface area contributed by atoms with Crippen LogP contribution in [-0.4, -0.2) is 54.9 Å². The Bertz CT molecular complexity index is 1030. The molecule has 186 valence electrons. The molecule has 0 aromatic heterocycles. The number of hydrogen-bond acceptors (Lipinski definition) is 5. The molecule has 1 fully saturated rings. The second-order valence-electron chi connectivity index (χ2n) is 9.21. The number of fused-ring (bicyclic) bond motifs is 3. The number of rotatable bonds is 10. The number of amides is 3. The molecule has 2 aliphatic rings. The Morgan fingerprint density at radius 2 is 1.74 bits per heavy atom. The molecule has 2 aromatic rings. The van der Waals surface area contributed by atoms with E-state index in [1.54, 1.807) is 0 Å². The van der Waals surface area contributed by atoms with Gasteiger partial charge >= 0.3 is 6.09 Å². The minimum Gasteiger partial charge on any atom is -0.449 e. The molecule has 0 radical (unpaired) electrons. The van der Waals surface area contributed by atoms with Crippen LogP contribution in [0.5, 0.6) is 0 Å². The van der Waals surface area contributed by atoms with Crippen molar-refractivity contribution < 1.29 is 24.2 Å². The lowest BCUT2D eigenvalue weighted by Crippen LogP contribution is -2.51. The molecule has 2 aromatic carbocycles. The molecule has 8 heteroatoms. The second-order valence-corrected chi connectivity index (χ2v) is 9.21. The summed E-state index contributed by atoms with van der Waals surface area (Å²) in [4.78, 5) is 37.4. The quantitative estimate of drug-likeness (QED) is 0.418. The van der Waals surface area contributed by atoms with Crippen molar-refractivity contribution in [2.75, 3.05) is 19.8 Å². The molecule has 35 heavy (non-hydrogen) atoms. The zero-order valence-electron chi connectivity index (χ0n) is 20.0. The van der Waals surface area contributed by atoms with E-state index in [0.29, 0.717) is 32.2 Å². The lowest BCUT2D eigenvalue weighted by Gasteiger charge is -2.23. The highest BCUT2D eigenvalue weighted by molar-refractivity contribution is 5.86. The van der Waals surface area contributed by atoms with E-state index in [0.717, 1.165) is 22.3 Å². The van der Waals surface area contributed by atoms with Crippen molar-refractivity contribution in [1.29, 1.82) is 0 Å². The van der Waals surface area contributed by atoms with Gasteiger partial charge in [-0.1, -0.05) is 61.9 Å². The van der Waals surface area contributed by atoms with Crippen LogP contribution in [-0.2, 0) is 14.3 Å². The average molecular weight is 480 g/mol. The molecule has 0 bridgehead atoms. The third kappa shape index (κ3) is 5.65. The number of carbonyl (C=O) groups excluding carboxylic acids is 3. The van der Waals surface area contributed by atoms with E-state index >= 15 is 0 Å². The van der Waals surface area contributed by atoms with Gasteiger partial charge in [-0.05, 0) is 41.5 Å². The van der Waals surface area contributed by atoms with E-state index < -0.39 is 24.1 Å². The van der Waals surface area contributed by atoms with Crippen LogP contribution in [0.25, 0.3) is 11.1 Å². The molecule has 1 aliphatic heterocycles. The number of benzene rings is 2. The Hall–Kier alpha value is -3.39. The molecule has 0 saturated carbocycles. The third-order valence-electron chi connectivity index (χ3n) is 6.83. The van der Waals surface area contributed by atoms with E-state index in [2.05, 4.69) is 28.1 Å². The van der Waals surface area contributed by atoms with Gasteiger partial charge in [-0.15, -0.1) is 0 Å². The first kappa shape index (κ1) is 24.7. The van der Waals surface area contributed by atoms with Crippen LogP contribution in [0, 0.1) is 5.92 Å². The van der Waals surface area contributed by atoms with Crippen LogP contribution in [0.1, 0.15) is 49.7 Å². The number of aliphatic hydroxyl groups excluding tert-OH is 1. The van der Waals surface area contributed by atoms with Crippen molar-refractivity contribution in [1.82, 2.24) is 16.0 Å². The molecule has 0 spiro atoms. The first-order valence-electron chi connectivity index (χ1n) is 12.3. The van der Waals surface area contributed by atoms with Crippen LogP contribution in [0.3, 0.4) is 0 Å². The summed E-state index contributed by atoms with van der Waals surface area (Å²) in [6.45, 7) is 2.42. The summed E-state index contributed by atoms with van der Waals surface area (Å²) >= 11 is 0. The van der Waals surface area contributed by atoms with Crippen LogP contribution >= 0.6 is 0 Å². The van der Waals surface area contributed by atoms with E-state index in [-0.39, 0.29) is 31.0 Å². The van der Waals surface area contributed by atoms with E-state index in [1.165, 1.54) is 0 Å². The topological polar surface area (TPSA) is 117 Å². The molecule has 1 aliphatic carbocycles. The van der Waals surface area contributed by atoms with Crippen molar-refractivity contribution in [3.8, 4) is 11.1 Å². The van der Waals surface area contributed by atoms with Gasteiger partial charge in [0.05, 0.1) is 12.6 Å². The highest BCUT2D eigenvalue weighted by atomic mass is 16.5. The fourth-order valence-electron chi connectivity index (χ4n) is 5.03. The standard InChI is InChI=1S/C27H33N3O5/c1-2-7-24(26(33)29-18(15-31)14-17-12-13-28-25(17)32)30-27(34)35-16-23-21-10-5-3-8-19(21)20-9-4-6-11-22(20)23/h3-6,8-11,17-18,23-24,31H,2,7,12-16H2,1H3,(H,28,32)(H,29,33)(H,30,34)/t17-,18-,24-/m0/s1. The molecule has 1 heterocycles. The van der Waals surface area contributed by atoms with Gasteiger partial charge in [0.15, 0.2) is 0 Å². The average Bonchev–Trinajstić information content (AvgIpc) is 3.42. The van der Waals surface area contributed by atoms with Crippen LogP contribution < -0.4 is 16.0 Å². The summed E-state index contributed by atoms with van der Waals surface area (Å²) in [6, 6.07) is 14.9. The minimum absolute atomic E-state index is 0.0560. The number of carbonyl (C=O) groups is 3. The number of hydrogen-bond donors (Lipinski definition) is 4. The molecule has 0 unspecified atom stereocenters. The van der Waals surface area contributed by atoms with Gasteiger partial charge in [0.1, 0.15) is 12.6 Å². The van der Waals surface area contributed by atoms with Gasteiger partial charge in [-0.25, -0.2) is 4.79 Å². The van der Waals surface area contributed by atoms with Crippen molar-refractivity contribution in [2.24, 2.45) is 5.92 Å². The number of alkyl carbamates (subject to hydrolysis) is 1. The Morgan fingerprint density at radius 3 is 2.31 bits per heavy atom.